The lowest BCUT2D eigenvalue weighted by atomic mass is 9.90. The lowest BCUT2D eigenvalue weighted by Crippen LogP contribution is -2.36. The average Bonchev–Trinajstić information content (AvgIpc) is 2.68. The van der Waals surface area contributed by atoms with Gasteiger partial charge in [0.2, 0.25) is 11.8 Å². The van der Waals surface area contributed by atoms with Gasteiger partial charge >= 0.3 is 6.18 Å². The van der Waals surface area contributed by atoms with Gasteiger partial charge in [-0.25, -0.2) is 9.97 Å². The van der Waals surface area contributed by atoms with Crippen LogP contribution in [0, 0.1) is 0 Å². The van der Waals surface area contributed by atoms with Gasteiger partial charge in [0.15, 0.2) is 0 Å². The molecule has 1 aliphatic rings. The van der Waals surface area contributed by atoms with Crippen LogP contribution in [-0.4, -0.2) is 33.9 Å². The van der Waals surface area contributed by atoms with Crippen molar-refractivity contribution in [3.63, 3.8) is 0 Å². The zero-order valence-corrected chi connectivity index (χ0v) is 14.4. The average molecular weight is 377 g/mol. The van der Waals surface area contributed by atoms with E-state index in [1.807, 2.05) is 6.07 Å². The number of hydrogen-bond acceptors (Lipinski definition) is 4. The first-order valence-corrected chi connectivity index (χ1v) is 8.46. The molecule has 5 nitrogen and oxygen atoms in total. The van der Waals surface area contributed by atoms with Crippen molar-refractivity contribution in [2.75, 3.05) is 13.1 Å². The number of alkyl halides is 3. The second-order valence-corrected chi connectivity index (χ2v) is 6.18. The minimum atomic E-state index is -4.49. The summed E-state index contributed by atoms with van der Waals surface area (Å²) in [5, 5.41) is 0. The van der Waals surface area contributed by atoms with E-state index in [0.717, 1.165) is 30.7 Å². The molecule has 0 bridgehead atoms. The van der Waals surface area contributed by atoms with E-state index in [4.69, 9.17) is 4.74 Å². The summed E-state index contributed by atoms with van der Waals surface area (Å²) in [4.78, 5) is 21.1. The molecule has 2 aromatic heterocycles. The zero-order chi connectivity index (χ0) is 19.4. The molecule has 1 saturated heterocycles. The number of aromatic nitrogens is 2. The van der Waals surface area contributed by atoms with E-state index in [-0.39, 0.29) is 17.6 Å². The Labute approximate surface area is 154 Å². The Balaban J connectivity index is 1.73. The van der Waals surface area contributed by atoms with Crippen LogP contribution >= 0.6 is 0 Å². The van der Waals surface area contributed by atoms with Gasteiger partial charge in [0, 0.05) is 24.8 Å². The van der Waals surface area contributed by atoms with Crippen LogP contribution in [0.1, 0.15) is 30.0 Å². The van der Waals surface area contributed by atoms with Crippen LogP contribution < -0.4 is 4.74 Å². The maximum absolute atomic E-state index is 12.6. The Morgan fingerprint density at radius 3 is 2.56 bits per heavy atom. The first-order chi connectivity index (χ1) is 12.9. The maximum atomic E-state index is 12.6. The molecule has 0 saturated carbocycles. The molecule has 3 rings (SSSR count). The van der Waals surface area contributed by atoms with Gasteiger partial charge in [-0.3, -0.25) is 4.79 Å². The predicted molar refractivity (Wildman–Crippen MR) is 92.3 cm³/mol. The number of carbonyl (C=O) groups is 1. The Morgan fingerprint density at radius 2 is 1.96 bits per heavy atom. The molecule has 1 fully saturated rings. The van der Waals surface area contributed by atoms with Crippen molar-refractivity contribution in [2.45, 2.75) is 24.9 Å². The summed E-state index contributed by atoms with van der Waals surface area (Å²) in [5.41, 5.74) is -0.113. The van der Waals surface area contributed by atoms with Gasteiger partial charge in [0.1, 0.15) is 11.4 Å². The number of likely N-dealkylation sites (tertiary alicyclic amines) is 1. The molecule has 1 amide bonds. The summed E-state index contributed by atoms with van der Waals surface area (Å²) in [6.45, 7) is 4.70. The molecule has 0 radical (unpaired) electrons. The molecule has 0 N–H and O–H groups in total. The quantitative estimate of drug-likeness (QED) is 0.750. The minimum absolute atomic E-state index is 0.0908. The van der Waals surface area contributed by atoms with Crippen molar-refractivity contribution in [1.82, 2.24) is 14.9 Å². The van der Waals surface area contributed by atoms with E-state index in [1.165, 1.54) is 12.1 Å². The molecule has 27 heavy (non-hydrogen) atoms. The number of halogens is 3. The molecule has 2 aromatic rings. The summed E-state index contributed by atoms with van der Waals surface area (Å²) < 4.78 is 43.5. The Kier molecular flexibility index (Phi) is 5.43. The maximum Gasteiger partial charge on any atom is 0.433 e. The number of nitrogens with zero attached hydrogens (tertiary/aromatic N) is 3. The van der Waals surface area contributed by atoms with Gasteiger partial charge in [-0.15, -0.1) is 0 Å². The number of pyridine rings is 2. The summed E-state index contributed by atoms with van der Waals surface area (Å²) in [7, 11) is 0. The highest BCUT2D eigenvalue weighted by Crippen LogP contribution is 2.35. The molecule has 142 valence electrons. The Hall–Kier alpha value is -2.90. The van der Waals surface area contributed by atoms with Crippen LogP contribution in [0.5, 0.6) is 11.6 Å². The highest BCUT2D eigenvalue weighted by atomic mass is 19.4. The summed E-state index contributed by atoms with van der Waals surface area (Å²) in [6, 6.07) is 5.76. The third-order valence-corrected chi connectivity index (χ3v) is 4.46. The smallest absolute Gasteiger partial charge is 0.433 e. The monoisotopic (exact) mass is 377 g/mol. The fraction of sp³-hybridized carbons (Fsp3) is 0.316. The molecular formula is C19H18F3N3O2. The number of ether oxygens (including phenoxy) is 1. The van der Waals surface area contributed by atoms with Gasteiger partial charge in [0.25, 0.3) is 0 Å². The van der Waals surface area contributed by atoms with E-state index in [9.17, 15) is 18.0 Å². The molecule has 1 aliphatic heterocycles. The molecule has 0 unspecified atom stereocenters. The summed E-state index contributed by atoms with van der Waals surface area (Å²) >= 11 is 0. The van der Waals surface area contributed by atoms with E-state index in [0.29, 0.717) is 19.0 Å². The number of hydrogen-bond donors (Lipinski definition) is 0. The van der Waals surface area contributed by atoms with Gasteiger partial charge in [0.05, 0.1) is 6.20 Å². The molecule has 0 atom stereocenters. The third-order valence-electron chi connectivity index (χ3n) is 4.46. The first-order valence-electron chi connectivity index (χ1n) is 8.46. The molecular weight excluding hydrogens is 359 g/mol. The van der Waals surface area contributed by atoms with Crippen LogP contribution in [0.2, 0.25) is 0 Å². The normalized spacial score (nSPS) is 15.4. The van der Waals surface area contributed by atoms with E-state index in [1.54, 1.807) is 17.2 Å². The number of piperidine rings is 1. The lowest BCUT2D eigenvalue weighted by Gasteiger charge is -2.31. The van der Waals surface area contributed by atoms with Crippen molar-refractivity contribution in [3.8, 4) is 11.6 Å². The highest BCUT2D eigenvalue weighted by Gasteiger charge is 2.32. The van der Waals surface area contributed by atoms with Crippen molar-refractivity contribution in [2.24, 2.45) is 0 Å². The van der Waals surface area contributed by atoms with Crippen LogP contribution in [0.25, 0.3) is 0 Å². The van der Waals surface area contributed by atoms with Crippen LogP contribution in [0.4, 0.5) is 13.2 Å². The number of rotatable bonds is 4. The second-order valence-electron chi connectivity index (χ2n) is 6.18. The molecule has 0 aliphatic carbocycles. The Bertz CT molecular complexity index is 814. The van der Waals surface area contributed by atoms with Crippen LogP contribution in [0.15, 0.2) is 49.3 Å². The zero-order valence-electron chi connectivity index (χ0n) is 14.4. The van der Waals surface area contributed by atoms with Gasteiger partial charge in [-0.1, -0.05) is 12.6 Å². The predicted octanol–water partition coefficient (Wildman–Crippen LogP) is 4.18. The van der Waals surface area contributed by atoms with E-state index in [2.05, 4.69) is 16.5 Å². The minimum Gasteiger partial charge on any atom is -0.437 e. The van der Waals surface area contributed by atoms with Gasteiger partial charge in [-0.2, -0.15) is 13.2 Å². The summed E-state index contributed by atoms with van der Waals surface area (Å²) in [5.74, 6) is 0.576. The number of carbonyl (C=O) groups excluding carboxylic acids is 1. The van der Waals surface area contributed by atoms with Crippen molar-refractivity contribution < 1.29 is 22.7 Å². The van der Waals surface area contributed by atoms with Crippen molar-refractivity contribution in [1.29, 1.82) is 0 Å². The van der Waals surface area contributed by atoms with E-state index >= 15 is 0 Å². The van der Waals surface area contributed by atoms with Crippen LogP contribution in [-0.2, 0) is 11.0 Å². The van der Waals surface area contributed by atoms with E-state index < -0.39 is 11.9 Å². The molecule has 3 heterocycles. The Morgan fingerprint density at radius 1 is 1.22 bits per heavy atom. The molecule has 0 aromatic carbocycles. The standard InChI is InChI=1S/C19H18F3N3O2/c1-2-17(26)25-10-7-13(8-11-25)15-4-3-9-23-18(15)27-14-5-6-16(24-12-14)19(20,21)22/h2-6,9,12-13H,1,7-8,10-11H2. The first kappa shape index (κ1) is 18.9. The van der Waals surface area contributed by atoms with Crippen LogP contribution in [0.3, 0.4) is 0 Å². The number of amides is 1. The topological polar surface area (TPSA) is 55.3 Å². The highest BCUT2D eigenvalue weighted by molar-refractivity contribution is 5.87. The fourth-order valence-electron chi connectivity index (χ4n) is 3.06. The second kappa shape index (κ2) is 7.77. The van der Waals surface area contributed by atoms with Gasteiger partial charge in [-0.05, 0) is 43.0 Å². The molecule has 0 spiro atoms. The van der Waals surface area contributed by atoms with Crippen molar-refractivity contribution in [3.05, 3.63) is 60.6 Å². The third kappa shape index (κ3) is 4.45. The fourth-order valence-corrected chi connectivity index (χ4v) is 3.06. The SMILES string of the molecule is C=CC(=O)N1CCC(c2cccnc2Oc2ccc(C(F)(F)F)nc2)CC1. The lowest BCUT2D eigenvalue weighted by molar-refractivity contribution is -0.141. The van der Waals surface area contributed by atoms with Gasteiger partial charge < -0.3 is 9.64 Å². The summed E-state index contributed by atoms with van der Waals surface area (Å²) in [6.07, 6.45) is 0.890. The molecule has 8 heteroatoms. The largest absolute Gasteiger partial charge is 0.437 e. The van der Waals surface area contributed by atoms with Crippen molar-refractivity contribution >= 4 is 5.91 Å².